The first kappa shape index (κ1) is 20.8. The molecule has 154 valence electrons. The first-order valence-corrected chi connectivity index (χ1v) is 10.5. The van der Waals surface area contributed by atoms with Gasteiger partial charge >= 0.3 is 0 Å². The maximum atomic E-state index is 13.0. The van der Waals surface area contributed by atoms with Crippen LogP contribution in [-0.2, 0) is 0 Å². The highest BCUT2D eigenvalue weighted by Gasteiger charge is 2.24. The van der Waals surface area contributed by atoms with Crippen LogP contribution in [0.5, 0.6) is 0 Å². The molecule has 2 heterocycles. The van der Waals surface area contributed by atoms with Crippen LogP contribution in [-0.4, -0.2) is 65.9 Å². The third-order valence-corrected chi connectivity index (χ3v) is 5.19. The predicted octanol–water partition coefficient (Wildman–Crippen LogP) is 3.31. The van der Waals surface area contributed by atoms with E-state index in [4.69, 9.17) is 0 Å². The molecule has 1 fully saturated rings. The molecular formula is C23H30N4O2. The Kier molecular flexibility index (Phi) is 7.22. The van der Waals surface area contributed by atoms with E-state index in [1.165, 1.54) is 5.69 Å². The van der Waals surface area contributed by atoms with Gasteiger partial charge in [0.25, 0.3) is 11.8 Å². The van der Waals surface area contributed by atoms with Gasteiger partial charge in [-0.05, 0) is 37.1 Å². The number of piperazine rings is 1. The largest absolute Gasteiger partial charge is 0.368 e. The zero-order valence-corrected chi connectivity index (χ0v) is 17.4. The standard InChI is InChI=1S/C23H30N4O2/c1-3-12-26(13-4-2)23(29)21-18-19(10-11-24-21)22(28)27-16-14-25(15-17-27)20-8-6-5-7-9-20/h5-11,18H,3-4,12-17H2,1-2H3. The average molecular weight is 395 g/mol. The second-order valence-electron chi connectivity index (χ2n) is 7.34. The van der Waals surface area contributed by atoms with E-state index in [-0.39, 0.29) is 11.8 Å². The summed E-state index contributed by atoms with van der Waals surface area (Å²) in [6, 6.07) is 13.6. The molecule has 2 aromatic rings. The minimum Gasteiger partial charge on any atom is -0.368 e. The summed E-state index contributed by atoms with van der Waals surface area (Å²) in [5.41, 5.74) is 2.06. The fraction of sp³-hybridized carbons (Fsp3) is 0.435. The maximum Gasteiger partial charge on any atom is 0.272 e. The highest BCUT2D eigenvalue weighted by atomic mass is 16.2. The van der Waals surface area contributed by atoms with Gasteiger partial charge in [0, 0.05) is 56.7 Å². The summed E-state index contributed by atoms with van der Waals surface area (Å²) >= 11 is 0. The van der Waals surface area contributed by atoms with Crippen molar-refractivity contribution >= 4 is 17.5 Å². The number of benzene rings is 1. The molecule has 0 saturated carbocycles. The van der Waals surface area contributed by atoms with Crippen LogP contribution in [0, 0.1) is 0 Å². The van der Waals surface area contributed by atoms with Gasteiger partial charge in [0.2, 0.25) is 0 Å². The van der Waals surface area contributed by atoms with Crippen LogP contribution in [0.1, 0.15) is 47.5 Å². The molecule has 0 N–H and O–H groups in total. The van der Waals surface area contributed by atoms with Crippen LogP contribution in [0.2, 0.25) is 0 Å². The number of hydrogen-bond donors (Lipinski definition) is 0. The normalized spacial score (nSPS) is 14.0. The third-order valence-electron chi connectivity index (χ3n) is 5.19. The highest BCUT2D eigenvalue weighted by Crippen LogP contribution is 2.17. The topological polar surface area (TPSA) is 56.8 Å². The van der Waals surface area contributed by atoms with Crippen LogP contribution < -0.4 is 4.90 Å². The lowest BCUT2D eigenvalue weighted by molar-refractivity contribution is 0.0745. The molecule has 1 aliphatic heterocycles. The molecule has 6 nitrogen and oxygen atoms in total. The predicted molar refractivity (Wildman–Crippen MR) is 115 cm³/mol. The lowest BCUT2D eigenvalue weighted by atomic mass is 10.1. The number of pyridine rings is 1. The first-order chi connectivity index (χ1) is 14.1. The smallest absolute Gasteiger partial charge is 0.272 e. The molecule has 2 amide bonds. The highest BCUT2D eigenvalue weighted by molar-refractivity contribution is 5.98. The number of carbonyl (C=O) groups excluding carboxylic acids is 2. The summed E-state index contributed by atoms with van der Waals surface area (Å²) in [6.07, 6.45) is 3.36. The van der Waals surface area contributed by atoms with Crippen molar-refractivity contribution < 1.29 is 9.59 Å². The van der Waals surface area contributed by atoms with Crippen molar-refractivity contribution in [2.45, 2.75) is 26.7 Å². The Bertz CT molecular complexity index is 811. The van der Waals surface area contributed by atoms with Gasteiger partial charge in [0.05, 0.1) is 0 Å². The summed E-state index contributed by atoms with van der Waals surface area (Å²) in [5.74, 6) is -0.135. The number of hydrogen-bond acceptors (Lipinski definition) is 4. The Morgan fingerprint density at radius 2 is 1.62 bits per heavy atom. The van der Waals surface area contributed by atoms with Crippen LogP contribution >= 0.6 is 0 Å². The zero-order valence-electron chi connectivity index (χ0n) is 17.4. The lowest BCUT2D eigenvalue weighted by Crippen LogP contribution is -2.48. The Morgan fingerprint density at radius 3 is 2.24 bits per heavy atom. The molecule has 0 radical (unpaired) electrons. The number of nitrogens with zero attached hydrogens (tertiary/aromatic N) is 4. The molecule has 0 atom stereocenters. The van der Waals surface area contributed by atoms with Gasteiger partial charge in [0.1, 0.15) is 5.69 Å². The van der Waals surface area contributed by atoms with Gasteiger partial charge in [0.15, 0.2) is 0 Å². The number of carbonyl (C=O) groups is 2. The average Bonchev–Trinajstić information content (AvgIpc) is 2.79. The first-order valence-electron chi connectivity index (χ1n) is 10.5. The van der Waals surface area contributed by atoms with E-state index in [1.54, 1.807) is 18.3 Å². The molecule has 1 aliphatic rings. The van der Waals surface area contributed by atoms with Crippen LogP contribution in [0.4, 0.5) is 5.69 Å². The van der Waals surface area contributed by atoms with E-state index in [0.717, 1.165) is 25.9 Å². The van der Waals surface area contributed by atoms with Gasteiger partial charge < -0.3 is 14.7 Å². The Labute approximate surface area is 173 Å². The van der Waals surface area contributed by atoms with Gasteiger partial charge in [-0.1, -0.05) is 32.0 Å². The molecule has 29 heavy (non-hydrogen) atoms. The van der Waals surface area contributed by atoms with Crippen LogP contribution in [0.15, 0.2) is 48.7 Å². The number of amides is 2. The Morgan fingerprint density at radius 1 is 0.966 bits per heavy atom. The summed E-state index contributed by atoms with van der Waals surface area (Å²) in [4.78, 5) is 36.0. The molecule has 1 aromatic carbocycles. The summed E-state index contributed by atoms with van der Waals surface area (Å²) in [5, 5.41) is 0. The zero-order chi connectivity index (χ0) is 20.6. The van der Waals surface area contributed by atoms with Crippen molar-refractivity contribution in [3.63, 3.8) is 0 Å². The Balaban J connectivity index is 1.66. The molecule has 1 aromatic heterocycles. The van der Waals surface area contributed by atoms with Crippen molar-refractivity contribution in [2.24, 2.45) is 0 Å². The fourth-order valence-electron chi connectivity index (χ4n) is 3.69. The van der Waals surface area contributed by atoms with E-state index < -0.39 is 0 Å². The fourth-order valence-corrected chi connectivity index (χ4v) is 3.69. The van der Waals surface area contributed by atoms with Gasteiger partial charge in [-0.3, -0.25) is 14.6 Å². The van der Waals surface area contributed by atoms with Crippen molar-refractivity contribution in [1.29, 1.82) is 0 Å². The second-order valence-corrected chi connectivity index (χ2v) is 7.34. The molecule has 0 bridgehead atoms. The summed E-state index contributed by atoms with van der Waals surface area (Å²) in [6.45, 7) is 8.44. The van der Waals surface area contributed by atoms with Gasteiger partial charge in [-0.25, -0.2) is 0 Å². The quantitative estimate of drug-likeness (QED) is 0.723. The van der Waals surface area contributed by atoms with E-state index in [1.807, 2.05) is 28.0 Å². The second kappa shape index (κ2) is 10.0. The summed E-state index contributed by atoms with van der Waals surface area (Å²) in [7, 11) is 0. The summed E-state index contributed by atoms with van der Waals surface area (Å²) < 4.78 is 0. The molecule has 0 spiro atoms. The number of rotatable bonds is 7. The minimum absolute atomic E-state index is 0.0355. The molecule has 6 heteroatoms. The van der Waals surface area contributed by atoms with Crippen molar-refractivity contribution in [1.82, 2.24) is 14.8 Å². The molecule has 0 unspecified atom stereocenters. The van der Waals surface area contributed by atoms with Crippen molar-refractivity contribution in [2.75, 3.05) is 44.2 Å². The van der Waals surface area contributed by atoms with Crippen molar-refractivity contribution in [3.05, 3.63) is 59.9 Å². The third kappa shape index (κ3) is 5.13. The molecule has 1 saturated heterocycles. The number of aromatic nitrogens is 1. The molecule has 0 aliphatic carbocycles. The van der Waals surface area contributed by atoms with E-state index in [0.29, 0.717) is 37.4 Å². The van der Waals surface area contributed by atoms with Gasteiger partial charge in [-0.15, -0.1) is 0 Å². The van der Waals surface area contributed by atoms with E-state index in [9.17, 15) is 9.59 Å². The Hall–Kier alpha value is -2.89. The SMILES string of the molecule is CCCN(CCC)C(=O)c1cc(C(=O)N2CCN(c3ccccc3)CC2)ccn1. The molecule has 3 rings (SSSR count). The lowest BCUT2D eigenvalue weighted by Gasteiger charge is -2.36. The maximum absolute atomic E-state index is 13.0. The van der Waals surface area contributed by atoms with E-state index in [2.05, 4.69) is 35.9 Å². The monoisotopic (exact) mass is 394 g/mol. The van der Waals surface area contributed by atoms with Crippen LogP contribution in [0.25, 0.3) is 0 Å². The van der Waals surface area contributed by atoms with Crippen molar-refractivity contribution in [3.8, 4) is 0 Å². The van der Waals surface area contributed by atoms with Gasteiger partial charge in [-0.2, -0.15) is 0 Å². The number of para-hydroxylation sites is 1. The molecular weight excluding hydrogens is 364 g/mol. The minimum atomic E-state index is -0.0998. The number of anilines is 1. The van der Waals surface area contributed by atoms with E-state index >= 15 is 0 Å². The van der Waals surface area contributed by atoms with Crippen LogP contribution in [0.3, 0.4) is 0 Å².